The third-order valence-electron chi connectivity index (χ3n) is 3.13. The Morgan fingerprint density at radius 1 is 1.60 bits per heavy atom. The summed E-state index contributed by atoms with van der Waals surface area (Å²) in [5, 5.41) is 6.36. The number of rotatable bonds is 5. The molecule has 3 unspecified atom stereocenters. The van der Waals surface area contributed by atoms with Crippen molar-refractivity contribution in [3.8, 4) is 0 Å². The normalized spacial score (nSPS) is 34.1. The first-order valence-electron chi connectivity index (χ1n) is 5.94. The van der Waals surface area contributed by atoms with Crippen LogP contribution in [0.25, 0.3) is 0 Å². The van der Waals surface area contributed by atoms with E-state index >= 15 is 0 Å². The van der Waals surface area contributed by atoms with E-state index in [0.29, 0.717) is 12.6 Å². The van der Waals surface area contributed by atoms with E-state index in [1.807, 2.05) is 6.92 Å². The van der Waals surface area contributed by atoms with Gasteiger partial charge in [0.25, 0.3) is 0 Å². The molecular weight excluding hydrogens is 192 g/mol. The zero-order valence-electron chi connectivity index (χ0n) is 9.29. The van der Waals surface area contributed by atoms with Crippen LogP contribution in [0, 0.1) is 5.92 Å². The van der Waals surface area contributed by atoms with Gasteiger partial charge in [-0.25, -0.2) is 0 Å². The van der Waals surface area contributed by atoms with Crippen LogP contribution in [0.3, 0.4) is 0 Å². The zero-order chi connectivity index (χ0) is 10.7. The van der Waals surface area contributed by atoms with Crippen molar-refractivity contribution in [2.24, 2.45) is 5.92 Å². The molecule has 1 aliphatic carbocycles. The lowest BCUT2D eigenvalue weighted by Crippen LogP contribution is -2.38. The van der Waals surface area contributed by atoms with Crippen molar-refractivity contribution in [1.29, 1.82) is 0 Å². The Bertz CT molecular complexity index is 227. The summed E-state index contributed by atoms with van der Waals surface area (Å²) in [5.41, 5.74) is 0. The zero-order valence-corrected chi connectivity index (χ0v) is 9.29. The van der Waals surface area contributed by atoms with Gasteiger partial charge in [0.2, 0.25) is 5.91 Å². The molecule has 2 aliphatic rings. The highest BCUT2D eigenvalue weighted by molar-refractivity contribution is 5.82. The van der Waals surface area contributed by atoms with Gasteiger partial charge in [-0.05, 0) is 32.7 Å². The van der Waals surface area contributed by atoms with Crippen LogP contribution in [0.1, 0.15) is 26.2 Å². The molecule has 4 heteroatoms. The number of carbonyl (C=O) groups excluding carboxylic acids is 1. The minimum atomic E-state index is 0.117. The largest absolute Gasteiger partial charge is 0.378 e. The van der Waals surface area contributed by atoms with Crippen LogP contribution in [0.15, 0.2) is 0 Å². The maximum atomic E-state index is 11.6. The molecule has 1 heterocycles. The summed E-state index contributed by atoms with van der Waals surface area (Å²) >= 11 is 0. The average Bonchev–Trinajstić information content (AvgIpc) is 2.80. The summed E-state index contributed by atoms with van der Waals surface area (Å²) in [6, 6.07) is 0.484. The highest BCUT2D eigenvalue weighted by Gasteiger charge is 2.43. The summed E-state index contributed by atoms with van der Waals surface area (Å²) < 4.78 is 5.38. The minimum Gasteiger partial charge on any atom is -0.378 e. The lowest BCUT2D eigenvalue weighted by molar-refractivity contribution is -0.123. The fourth-order valence-electron chi connectivity index (χ4n) is 2.13. The highest BCUT2D eigenvalue weighted by atomic mass is 16.5. The maximum absolute atomic E-state index is 11.6. The number of hydrogen-bond donors (Lipinski definition) is 2. The van der Waals surface area contributed by atoms with Crippen molar-refractivity contribution in [1.82, 2.24) is 10.6 Å². The number of hydrogen-bond acceptors (Lipinski definition) is 3. The molecule has 1 aliphatic heterocycles. The van der Waals surface area contributed by atoms with E-state index in [9.17, 15) is 4.79 Å². The van der Waals surface area contributed by atoms with Gasteiger partial charge in [0, 0.05) is 19.2 Å². The molecule has 0 aromatic rings. The molecule has 2 fully saturated rings. The molecule has 1 saturated carbocycles. The Kier molecular flexibility index (Phi) is 3.59. The van der Waals surface area contributed by atoms with Gasteiger partial charge in [0.1, 0.15) is 0 Å². The molecule has 86 valence electrons. The molecule has 1 saturated heterocycles. The number of ether oxygens (including phenoxy) is 1. The predicted octanol–water partition coefficient (Wildman–Crippen LogP) is 0.280. The lowest BCUT2D eigenvalue weighted by Gasteiger charge is -2.11. The molecule has 15 heavy (non-hydrogen) atoms. The summed E-state index contributed by atoms with van der Waals surface area (Å²) in [6.45, 7) is 4.54. The fraction of sp³-hybridized carbons (Fsp3) is 0.909. The van der Waals surface area contributed by atoms with Gasteiger partial charge in [-0.15, -0.1) is 0 Å². The van der Waals surface area contributed by atoms with Crippen molar-refractivity contribution in [3.63, 3.8) is 0 Å². The molecule has 1 amide bonds. The second-order valence-electron chi connectivity index (χ2n) is 4.37. The molecule has 0 radical (unpaired) electrons. The van der Waals surface area contributed by atoms with Crippen LogP contribution in [0.5, 0.6) is 0 Å². The van der Waals surface area contributed by atoms with E-state index in [4.69, 9.17) is 4.74 Å². The molecule has 0 aromatic heterocycles. The van der Waals surface area contributed by atoms with Crippen LogP contribution >= 0.6 is 0 Å². The van der Waals surface area contributed by atoms with E-state index in [-0.39, 0.29) is 17.9 Å². The molecule has 0 bridgehead atoms. The minimum absolute atomic E-state index is 0.117. The van der Waals surface area contributed by atoms with Crippen molar-refractivity contribution in [2.45, 2.75) is 38.3 Å². The smallest absolute Gasteiger partial charge is 0.225 e. The fourth-order valence-corrected chi connectivity index (χ4v) is 2.13. The number of carbonyl (C=O) groups is 1. The van der Waals surface area contributed by atoms with Gasteiger partial charge in [-0.1, -0.05) is 0 Å². The third kappa shape index (κ3) is 2.92. The van der Waals surface area contributed by atoms with Crippen LogP contribution in [-0.4, -0.2) is 37.7 Å². The van der Waals surface area contributed by atoms with E-state index in [1.54, 1.807) is 0 Å². The Balaban J connectivity index is 1.61. The first kappa shape index (κ1) is 10.9. The van der Waals surface area contributed by atoms with Gasteiger partial charge in [-0.3, -0.25) is 4.79 Å². The average molecular weight is 212 g/mol. The van der Waals surface area contributed by atoms with Gasteiger partial charge in [0.15, 0.2) is 0 Å². The van der Waals surface area contributed by atoms with Crippen molar-refractivity contribution >= 4 is 5.91 Å². The van der Waals surface area contributed by atoms with E-state index in [2.05, 4.69) is 10.6 Å². The van der Waals surface area contributed by atoms with E-state index < -0.39 is 0 Å². The van der Waals surface area contributed by atoms with Gasteiger partial charge < -0.3 is 15.4 Å². The second kappa shape index (κ2) is 4.94. The lowest BCUT2D eigenvalue weighted by atomic mass is 10.2. The maximum Gasteiger partial charge on any atom is 0.225 e. The Morgan fingerprint density at radius 2 is 2.47 bits per heavy atom. The van der Waals surface area contributed by atoms with Crippen molar-refractivity contribution in [3.05, 3.63) is 0 Å². The molecule has 2 rings (SSSR count). The molecule has 4 nitrogen and oxygen atoms in total. The number of nitrogens with one attached hydrogen (secondary N) is 2. The quantitative estimate of drug-likeness (QED) is 0.688. The summed E-state index contributed by atoms with van der Waals surface area (Å²) in [4.78, 5) is 11.6. The molecule has 3 atom stereocenters. The SMILES string of the molecule is CCOC1CC1C(=O)NCC1CCCN1. The van der Waals surface area contributed by atoms with E-state index in [1.165, 1.54) is 12.8 Å². The van der Waals surface area contributed by atoms with Gasteiger partial charge >= 0.3 is 0 Å². The first-order chi connectivity index (χ1) is 7.31. The Hall–Kier alpha value is -0.610. The molecular formula is C11H20N2O2. The molecule has 0 aromatic carbocycles. The third-order valence-corrected chi connectivity index (χ3v) is 3.13. The van der Waals surface area contributed by atoms with Crippen LogP contribution in [-0.2, 0) is 9.53 Å². The highest BCUT2D eigenvalue weighted by Crippen LogP contribution is 2.33. The van der Waals surface area contributed by atoms with Crippen molar-refractivity contribution in [2.75, 3.05) is 19.7 Å². The van der Waals surface area contributed by atoms with E-state index in [0.717, 1.165) is 19.5 Å². The molecule has 2 N–H and O–H groups in total. The van der Waals surface area contributed by atoms with Crippen LogP contribution < -0.4 is 10.6 Å². The van der Waals surface area contributed by atoms with Crippen LogP contribution in [0.2, 0.25) is 0 Å². The topological polar surface area (TPSA) is 50.4 Å². The van der Waals surface area contributed by atoms with Crippen molar-refractivity contribution < 1.29 is 9.53 Å². The van der Waals surface area contributed by atoms with Gasteiger partial charge in [-0.2, -0.15) is 0 Å². The van der Waals surface area contributed by atoms with Crippen LogP contribution in [0.4, 0.5) is 0 Å². The Morgan fingerprint density at radius 3 is 3.13 bits per heavy atom. The summed E-state index contributed by atoms with van der Waals surface area (Å²) in [6.07, 6.45) is 3.50. The summed E-state index contributed by atoms with van der Waals surface area (Å²) in [5.74, 6) is 0.286. The monoisotopic (exact) mass is 212 g/mol. The van der Waals surface area contributed by atoms with Gasteiger partial charge in [0.05, 0.1) is 12.0 Å². The Labute approximate surface area is 90.8 Å². The molecule has 0 spiro atoms. The summed E-state index contributed by atoms with van der Waals surface area (Å²) in [7, 11) is 0. The standard InChI is InChI=1S/C11H20N2O2/c1-2-15-10-6-9(10)11(14)13-7-8-4-3-5-12-8/h8-10,12H,2-7H2,1H3,(H,13,14). The predicted molar refractivity (Wildman–Crippen MR) is 57.6 cm³/mol. The first-order valence-corrected chi connectivity index (χ1v) is 5.94. The second-order valence-corrected chi connectivity index (χ2v) is 4.37. The number of amides is 1.